The van der Waals surface area contributed by atoms with Crippen LogP contribution in [0.1, 0.15) is 24.8 Å². The molecule has 0 aliphatic carbocycles. The first-order valence-corrected chi connectivity index (χ1v) is 15.9. The van der Waals surface area contributed by atoms with Crippen molar-refractivity contribution in [1.29, 1.82) is 5.26 Å². The van der Waals surface area contributed by atoms with E-state index in [-0.39, 0.29) is 23.8 Å². The monoisotopic (exact) mass is 628 g/mol. The quantitative estimate of drug-likeness (QED) is 0.395. The van der Waals surface area contributed by atoms with E-state index in [0.29, 0.717) is 49.4 Å². The van der Waals surface area contributed by atoms with Gasteiger partial charge in [0.25, 0.3) is 5.91 Å². The second-order valence-electron chi connectivity index (χ2n) is 12.1. The standard InChI is InChI=1S/C33H37FN8O4/c34-27-18-42(32(43)30-2-1-15-45-30)10-9-29(27)46-28-8-3-22(16-23(28)17-35)31-36-21-37-33(39-31)38-24-4-6-25(7-5-24)40-11-13-41(14-12-40)26-19-44-20-26/h3-8,16,21,26-27,29-30H,1-2,9-15,18-20H2,(H,36,37,38,39)/t27-,29-,30-/m0/s1. The maximum Gasteiger partial charge on any atom is 0.251 e. The smallest absolute Gasteiger partial charge is 0.251 e. The SMILES string of the molecule is N#Cc1cc(-c2ncnc(Nc3ccc(N4CCN(C5COC5)CC4)cc3)n2)ccc1O[C@H]1CCN(C(=O)[C@@H]2CCCO2)C[C@@H]1F. The number of hydrogen-bond acceptors (Lipinski definition) is 11. The number of piperidine rings is 1. The normalized spacial score (nSPS) is 23.9. The minimum absolute atomic E-state index is 0.0553. The number of piperazine rings is 1. The topological polar surface area (TPSA) is 129 Å². The number of benzene rings is 2. The molecule has 12 nitrogen and oxygen atoms in total. The molecule has 0 bridgehead atoms. The van der Waals surface area contributed by atoms with Gasteiger partial charge < -0.3 is 29.3 Å². The molecule has 1 amide bonds. The predicted molar refractivity (Wildman–Crippen MR) is 168 cm³/mol. The van der Waals surface area contributed by atoms with Crippen LogP contribution in [0.3, 0.4) is 0 Å². The molecule has 0 radical (unpaired) electrons. The summed E-state index contributed by atoms with van der Waals surface area (Å²) < 4.78 is 31.9. The first-order chi connectivity index (χ1) is 22.5. The van der Waals surface area contributed by atoms with Crippen molar-refractivity contribution in [2.45, 2.75) is 43.7 Å². The molecular weight excluding hydrogens is 591 g/mol. The number of nitrogens with zero attached hydrogens (tertiary/aromatic N) is 7. The van der Waals surface area contributed by atoms with Gasteiger partial charge in [0.05, 0.1) is 31.4 Å². The lowest BCUT2D eigenvalue weighted by Gasteiger charge is -2.43. The zero-order valence-electron chi connectivity index (χ0n) is 25.6. The van der Waals surface area contributed by atoms with Gasteiger partial charge in [-0.2, -0.15) is 10.2 Å². The van der Waals surface area contributed by atoms with E-state index >= 15 is 4.39 Å². The van der Waals surface area contributed by atoms with Crippen LogP contribution >= 0.6 is 0 Å². The number of hydrogen-bond donors (Lipinski definition) is 1. The van der Waals surface area contributed by atoms with Crippen LogP contribution in [0.5, 0.6) is 5.75 Å². The summed E-state index contributed by atoms with van der Waals surface area (Å²) in [5.41, 5.74) is 2.87. The fraction of sp³-hybridized carbons (Fsp3) is 0.485. The first kappa shape index (κ1) is 30.3. The van der Waals surface area contributed by atoms with Crippen LogP contribution < -0.4 is 15.0 Å². The van der Waals surface area contributed by atoms with Crippen LogP contribution in [0.4, 0.5) is 21.7 Å². The zero-order chi connectivity index (χ0) is 31.5. The summed E-state index contributed by atoms with van der Waals surface area (Å²) >= 11 is 0. The number of aromatic nitrogens is 3. The Bertz CT molecular complexity index is 1570. The minimum Gasteiger partial charge on any atom is -0.486 e. The Morgan fingerprint density at radius 3 is 2.57 bits per heavy atom. The van der Waals surface area contributed by atoms with E-state index in [1.165, 1.54) is 16.9 Å². The summed E-state index contributed by atoms with van der Waals surface area (Å²) in [5, 5.41) is 13.1. The van der Waals surface area contributed by atoms with Crippen molar-refractivity contribution in [3.8, 4) is 23.2 Å². The number of rotatable bonds is 8. The second kappa shape index (κ2) is 13.5. The van der Waals surface area contributed by atoms with Gasteiger partial charge in [0.15, 0.2) is 12.0 Å². The van der Waals surface area contributed by atoms with Gasteiger partial charge in [-0.15, -0.1) is 0 Å². The highest BCUT2D eigenvalue weighted by atomic mass is 19.1. The number of nitrogens with one attached hydrogen (secondary N) is 1. The van der Waals surface area contributed by atoms with E-state index in [9.17, 15) is 10.1 Å². The average Bonchev–Trinajstić information content (AvgIpc) is 3.61. The lowest BCUT2D eigenvalue weighted by molar-refractivity contribution is -0.144. The Hall–Kier alpha value is -4.38. The van der Waals surface area contributed by atoms with Gasteiger partial charge >= 0.3 is 0 Å². The molecule has 5 heterocycles. The summed E-state index contributed by atoms with van der Waals surface area (Å²) in [5.74, 6) is 0.880. The van der Waals surface area contributed by atoms with Gasteiger partial charge in [-0.05, 0) is 55.3 Å². The maximum atomic E-state index is 15.1. The van der Waals surface area contributed by atoms with E-state index in [4.69, 9.17) is 14.2 Å². The molecule has 2 aromatic carbocycles. The van der Waals surface area contributed by atoms with Gasteiger partial charge in [-0.3, -0.25) is 9.69 Å². The number of likely N-dealkylation sites (tertiary alicyclic amines) is 1. The number of amides is 1. The van der Waals surface area contributed by atoms with Crippen LogP contribution in [-0.2, 0) is 14.3 Å². The lowest BCUT2D eigenvalue weighted by Crippen LogP contribution is -2.56. The Balaban J connectivity index is 0.960. The Kier molecular flexibility index (Phi) is 8.91. The van der Waals surface area contributed by atoms with E-state index in [0.717, 1.165) is 51.5 Å². The van der Waals surface area contributed by atoms with Crippen LogP contribution in [0.15, 0.2) is 48.8 Å². The predicted octanol–water partition coefficient (Wildman–Crippen LogP) is 3.17. The molecular formula is C33H37FN8O4. The van der Waals surface area contributed by atoms with Crippen LogP contribution in [0.25, 0.3) is 11.4 Å². The molecule has 4 fully saturated rings. The van der Waals surface area contributed by atoms with Crippen LogP contribution in [0, 0.1) is 11.3 Å². The lowest BCUT2D eigenvalue weighted by atomic mass is 10.0. The molecule has 3 aromatic rings. The Morgan fingerprint density at radius 1 is 1.04 bits per heavy atom. The summed E-state index contributed by atoms with van der Waals surface area (Å²) in [4.78, 5) is 32.2. The molecule has 0 unspecified atom stereocenters. The van der Waals surface area contributed by atoms with Crippen molar-refractivity contribution in [3.63, 3.8) is 0 Å². The number of nitriles is 1. The molecule has 3 atom stereocenters. The highest BCUT2D eigenvalue weighted by molar-refractivity contribution is 5.81. The Morgan fingerprint density at radius 2 is 1.87 bits per heavy atom. The van der Waals surface area contributed by atoms with E-state index in [2.05, 4.69) is 48.3 Å². The average molecular weight is 629 g/mol. The summed E-state index contributed by atoms with van der Waals surface area (Å²) in [6, 6.07) is 15.9. The fourth-order valence-electron chi connectivity index (χ4n) is 6.37. The van der Waals surface area contributed by atoms with Gasteiger partial charge in [0.2, 0.25) is 5.95 Å². The van der Waals surface area contributed by atoms with Crippen molar-refractivity contribution >= 4 is 23.2 Å². The summed E-state index contributed by atoms with van der Waals surface area (Å²) in [6.45, 7) is 6.63. The largest absolute Gasteiger partial charge is 0.486 e. The van der Waals surface area contributed by atoms with E-state index in [1.54, 1.807) is 18.2 Å². The summed E-state index contributed by atoms with van der Waals surface area (Å²) in [6.07, 6.45) is 0.634. The third-order valence-corrected chi connectivity index (χ3v) is 9.15. The second-order valence-corrected chi connectivity index (χ2v) is 12.1. The first-order valence-electron chi connectivity index (χ1n) is 15.9. The van der Waals surface area contributed by atoms with Crippen LogP contribution in [-0.4, -0.2) is 114 Å². The van der Waals surface area contributed by atoms with E-state index < -0.39 is 18.4 Å². The highest BCUT2D eigenvalue weighted by Gasteiger charge is 2.37. The number of alkyl halides is 1. The van der Waals surface area contributed by atoms with Crippen molar-refractivity contribution in [2.24, 2.45) is 0 Å². The zero-order valence-corrected chi connectivity index (χ0v) is 25.6. The Labute approximate surface area is 267 Å². The molecule has 240 valence electrons. The minimum atomic E-state index is -1.38. The number of ether oxygens (including phenoxy) is 3. The summed E-state index contributed by atoms with van der Waals surface area (Å²) in [7, 11) is 0. The van der Waals surface area contributed by atoms with Crippen LogP contribution in [0.2, 0.25) is 0 Å². The highest BCUT2D eigenvalue weighted by Crippen LogP contribution is 2.29. The molecule has 46 heavy (non-hydrogen) atoms. The van der Waals surface area contributed by atoms with E-state index in [1.807, 2.05) is 12.1 Å². The van der Waals surface area contributed by atoms with Crippen molar-refractivity contribution in [3.05, 3.63) is 54.4 Å². The number of carbonyl (C=O) groups is 1. The molecule has 0 saturated carbocycles. The van der Waals surface area contributed by atoms with Crippen molar-refractivity contribution in [2.75, 3.05) is 69.3 Å². The number of carbonyl (C=O) groups excluding carboxylic acids is 1. The van der Waals surface area contributed by atoms with Gasteiger partial charge in [0, 0.05) is 62.7 Å². The third-order valence-electron chi connectivity index (χ3n) is 9.15. The molecule has 1 aromatic heterocycles. The molecule has 4 aliphatic rings. The maximum absolute atomic E-state index is 15.1. The van der Waals surface area contributed by atoms with Crippen molar-refractivity contribution < 1.29 is 23.4 Å². The fourth-order valence-corrected chi connectivity index (χ4v) is 6.37. The van der Waals surface area contributed by atoms with Gasteiger partial charge in [0.1, 0.15) is 30.4 Å². The van der Waals surface area contributed by atoms with Crippen molar-refractivity contribution in [1.82, 2.24) is 24.8 Å². The molecule has 1 N–H and O–H groups in total. The molecule has 0 spiro atoms. The number of halogens is 1. The molecule has 4 aliphatic heterocycles. The van der Waals surface area contributed by atoms with Gasteiger partial charge in [-0.25, -0.2) is 14.4 Å². The third kappa shape index (κ3) is 6.60. The van der Waals surface area contributed by atoms with Gasteiger partial charge in [-0.1, -0.05) is 0 Å². The molecule has 4 saturated heterocycles. The number of anilines is 3. The molecule has 13 heteroatoms. The molecule has 7 rings (SSSR count).